The van der Waals surface area contributed by atoms with Gasteiger partial charge in [-0.2, -0.15) is 0 Å². The molecule has 0 unspecified atom stereocenters. The van der Waals surface area contributed by atoms with Crippen molar-refractivity contribution in [3.8, 4) is 5.75 Å². The normalized spacial score (nSPS) is 11.4. The van der Waals surface area contributed by atoms with Crippen LogP contribution in [-0.4, -0.2) is 27.2 Å². The van der Waals surface area contributed by atoms with Gasteiger partial charge in [0.15, 0.2) is 0 Å². The summed E-state index contributed by atoms with van der Waals surface area (Å²) in [6, 6.07) is 19.9. The molecule has 0 fully saturated rings. The number of hydrogen-bond donors (Lipinski definition) is 3. The molecular weight excluding hydrogens is 400 g/mol. The minimum Gasteiger partial charge on any atom is -0.496 e. The number of benzene rings is 3. The lowest BCUT2D eigenvalue weighted by molar-refractivity contribution is 0.282. The van der Waals surface area contributed by atoms with Gasteiger partial charge in [-0.05, 0) is 41.5 Å². The summed E-state index contributed by atoms with van der Waals surface area (Å²) in [5.74, 6) is 1.47. The van der Waals surface area contributed by atoms with Crippen molar-refractivity contribution < 1.29 is 9.84 Å². The summed E-state index contributed by atoms with van der Waals surface area (Å²) in [6.45, 7) is 0.0370. The predicted octanol–water partition coefficient (Wildman–Crippen LogP) is 5.53. The lowest BCUT2D eigenvalue weighted by atomic mass is 10.1. The second-order valence-corrected chi connectivity index (χ2v) is 7.47. The van der Waals surface area contributed by atoms with E-state index < -0.39 is 0 Å². The van der Waals surface area contributed by atoms with Crippen LogP contribution in [0.4, 0.5) is 11.5 Å². The van der Waals surface area contributed by atoms with E-state index in [0.29, 0.717) is 0 Å². The molecule has 5 aromatic rings. The molecule has 0 atom stereocenters. The van der Waals surface area contributed by atoms with Crippen molar-refractivity contribution in [2.75, 3.05) is 12.4 Å². The zero-order chi connectivity index (χ0) is 21.9. The van der Waals surface area contributed by atoms with Crippen LogP contribution < -0.4 is 10.1 Å². The van der Waals surface area contributed by atoms with Gasteiger partial charge in [0.05, 0.1) is 19.2 Å². The van der Waals surface area contributed by atoms with E-state index in [0.717, 1.165) is 55.8 Å². The van der Waals surface area contributed by atoms with Gasteiger partial charge >= 0.3 is 0 Å². The number of aliphatic hydroxyl groups is 1. The van der Waals surface area contributed by atoms with E-state index in [1.54, 1.807) is 13.4 Å². The SMILES string of the molecule is COc1cc2ncnc(Nc3ccc4[nH]ccc4c3)c2cc1/C=C/c1ccc(CO)cc1. The summed E-state index contributed by atoms with van der Waals surface area (Å²) in [7, 11) is 1.65. The molecule has 2 heterocycles. The van der Waals surface area contributed by atoms with Crippen molar-refractivity contribution in [2.45, 2.75) is 6.61 Å². The molecule has 3 N–H and O–H groups in total. The highest BCUT2D eigenvalue weighted by molar-refractivity contribution is 5.95. The number of anilines is 2. The number of H-pyrrole nitrogens is 1. The first kappa shape index (κ1) is 19.8. The molecule has 0 aliphatic heterocycles. The Hall–Kier alpha value is -4.16. The topological polar surface area (TPSA) is 83.1 Å². The third-order valence-electron chi connectivity index (χ3n) is 5.42. The maximum absolute atomic E-state index is 9.22. The van der Waals surface area contributed by atoms with E-state index in [1.165, 1.54) is 0 Å². The maximum atomic E-state index is 9.22. The van der Waals surface area contributed by atoms with Gasteiger partial charge in [-0.15, -0.1) is 0 Å². The number of ether oxygens (including phenoxy) is 1. The number of aromatic nitrogens is 3. The number of rotatable bonds is 6. The van der Waals surface area contributed by atoms with Crippen LogP contribution in [-0.2, 0) is 6.61 Å². The second-order valence-electron chi connectivity index (χ2n) is 7.47. The van der Waals surface area contributed by atoms with Gasteiger partial charge in [0.25, 0.3) is 0 Å². The van der Waals surface area contributed by atoms with Crippen molar-refractivity contribution in [3.05, 3.63) is 89.9 Å². The smallest absolute Gasteiger partial charge is 0.141 e. The van der Waals surface area contributed by atoms with Crippen molar-refractivity contribution in [2.24, 2.45) is 0 Å². The molecule has 0 bridgehead atoms. The second kappa shape index (κ2) is 8.53. The number of aromatic amines is 1. The van der Waals surface area contributed by atoms with Crippen LogP contribution in [0.15, 0.2) is 73.2 Å². The predicted molar refractivity (Wildman–Crippen MR) is 129 cm³/mol. The molecule has 0 amide bonds. The number of fused-ring (bicyclic) bond motifs is 2. The van der Waals surface area contributed by atoms with Crippen LogP contribution >= 0.6 is 0 Å². The van der Waals surface area contributed by atoms with Gasteiger partial charge in [-0.1, -0.05) is 36.4 Å². The minimum absolute atomic E-state index is 0.0370. The third kappa shape index (κ3) is 3.91. The Morgan fingerprint density at radius 2 is 1.88 bits per heavy atom. The van der Waals surface area contributed by atoms with Crippen molar-refractivity contribution in [1.82, 2.24) is 15.0 Å². The Bertz CT molecular complexity index is 1420. The zero-order valence-electron chi connectivity index (χ0n) is 17.5. The first-order valence-corrected chi connectivity index (χ1v) is 10.3. The number of nitrogens with one attached hydrogen (secondary N) is 2. The molecule has 0 aliphatic rings. The molecule has 0 radical (unpaired) electrons. The van der Waals surface area contributed by atoms with Crippen LogP contribution in [0.1, 0.15) is 16.7 Å². The summed E-state index contributed by atoms with van der Waals surface area (Å²) in [6.07, 6.45) is 7.50. The Morgan fingerprint density at radius 1 is 1.00 bits per heavy atom. The van der Waals surface area contributed by atoms with Gasteiger partial charge in [0.1, 0.15) is 17.9 Å². The molecule has 0 aliphatic carbocycles. The molecule has 6 nitrogen and oxygen atoms in total. The van der Waals surface area contributed by atoms with E-state index in [2.05, 4.69) is 26.3 Å². The van der Waals surface area contributed by atoms with E-state index in [4.69, 9.17) is 4.74 Å². The number of methoxy groups -OCH3 is 1. The molecule has 5 rings (SSSR count). The minimum atomic E-state index is 0.0370. The molecule has 3 aromatic carbocycles. The summed E-state index contributed by atoms with van der Waals surface area (Å²) in [5.41, 5.74) is 5.68. The van der Waals surface area contributed by atoms with Gasteiger partial charge in [-0.25, -0.2) is 9.97 Å². The molecule has 0 saturated heterocycles. The summed E-state index contributed by atoms with van der Waals surface area (Å²) in [4.78, 5) is 12.1. The van der Waals surface area contributed by atoms with E-state index in [9.17, 15) is 5.11 Å². The lowest BCUT2D eigenvalue weighted by Gasteiger charge is -2.11. The molecule has 6 heteroatoms. The fourth-order valence-electron chi connectivity index (χ4n) is 3.70. The zero-order valence-corrected chi connectivity index (χ0v) is 17.5. The standard InChI is InChI=1S/C26H22N4O2/c1-32-25-14-24-22(13-20(25)7-6-17-2-4-18(15-31)5-3-17)26(29-16-28-24)30-21-8-9-23-19(12-21)10-11-27-23/h2-14,16,27,31H,15H2,1H3,(H,28,29,30)/b7-6+. The average molecular weight is 422 g/mol. The van der Waals surface area contributed by atoms with Crippen LogP contribution in [0.3, 0.4) is 0 Å². The number of nitrogens with zero attached hydrogens (tertiary/aromatic N) is 2. The molecular formula is C26H22N4O2. The van der Waals surface area contributed by atoms with Crippen LogP contribution in [0, 0.1) is 0 Å². The third-order valence-corrected chi connectivity index (χ3v) is 5.42. The van der Waals surface area contributed by atoms with Gasteiger partial charge < -0.3 is 20.1 Å². The fourth-order valence-corrected chi connectivity index (χ4v) is 3.70. The molecule has 32 heavy (non-hydrogen) atoms. The van der Waals surface area contributed by atoms with Crippen LogP contribution in [0.2, 0.25) is 0 Å². The number of hydrogen-bond acceptors (Lipinski definition) is 5. The average Bonchev–Trinajstić information content (AvgIpc) is 3.31. The highest BCUT2D eigenvalue weighted by Crippen LogP contribution is 2.31. The van der Waals surface area contributed by atoms with E-state index in [1.807, 2.05) is 72.9 Å². The quantitative estimate of drug-likeness (QED) is 0.314. The first-order valence-electron chi connectivity index (χ1n) is 10.3. The van der Waals surface area contributed by atoms with E-state index in [-0.39, 0.29) is 6.61 Å². The summed E-state index contributed by atoms with van der Waals surface area (Å²) < 4.78 is 5.61. The van der Waals surface area contributed by atoms with Gasteiger partial charge in [-0.3, -0.25) is 0 Å². The summed E-state index contributed by atoms with van der Waals surface area (Å²) in [5, 5.41) is 14.7. The molecule has 158 valence electrons. The highest BCUT2D eigenvalue weighted by atomic mass is 16.5. The highest BCUT2D eigenvalue weighted by Gasteiger charge is 2.10. The Balaban J connectivity index is 1.52. The molecule has 2 aromatic heterocycles. The Morgan fingerprint density at radius 3 is 2.69 bits per heavy atom. The van der Waals surface area contributed by atoms with Crippen molar-refractivity contribution in [1.29, 1.82) is 0 Å². The van der Waals surface area contributed by atoms with Crippen molar-refractivity contribution in [3.63, 3.8) is 0 Å². The first-order chi connectivity index (χ1) is 15.7. The number of aliphatic hydroxyl groups excluding tert-OH is 1. The van der Waals surface area contributed by atoms with Gasteiger partial charge in [0.2, 0.25) is 0 Å². The largest absolute Gasteiger partial charge is 0.496 e. The maximum Gasteiger partial charge on any atom is 0.141 e. The van der Waals surface area contributed by atoms with Crippen LogP contribution in [0.5, 0.6) is 5.75 Å². The van der Waals surface area contributed by atoms with Crippen molar-refractivity contribution >= 4 is 45.5 Å². The molecule has 0 spiro atoms. The monoisotopic (exact) mass is 422 g/mol. The van der Waals surface area contributed by atoms with Crippen LogP contribution in [0.25, 0.3) is 34.0 Å². The lowest BCUT2D eigenvalue weighted by Crippen LogP contribution is -1.97. The fraction of sp³-hybridized carbons (Fsp3) is 0.0769. The van der Waals surface area contributed by atoms with Gasteiger partial charge in [0, 0.05) is 39.8 Å². The Kier molecular flexibility index (Phi) is 5.27. The van der Waals surface area contributed by atoms with E-state index >= 15 is 0 Å². The Labute approximate surface area is 185 Å². The molecule has 0 saturated carbocycles. The summed E-state index contributed by atoms with van der Waals surface area (Å²) >= 11 is 0.